The Balaban J connectivity index is 1.85. The summed E-state index contributed by atoms with van der Waals surface area (Å²) in [6.45, 7) is 2.61. The van der Waals surface area contributed by atoms with E-state index in [-0.39, 0.29) is 30.0 Å². The van der Waals surface area contributed by atoms with Gasteiger partial charge in [-0.3, -0.25) is 4.79 Å². The van der Waals surface area contributed by atoms with Crippen molar-refractivity contribution < 1.29 is 19.4 Å². The average molecular weight is 343 g/mol. The van der Waals surface area contributed by atoms with Gasteiger partial charge in [-0.15, -0.1) is 0 Å². The number of hydrogen-bond donors (Lipinski definition) is 1. The van der Waals surface area contributed by atoms with Crippen LogP contribution >= 0.6 is 0 Å². The molecule has 1 aliphatic rings. The minimum atomic E-state index is -1.05. The van der Waals surface area contributed by atoms with Crippen LogP contribution in [-0.2, 0) is 5.60 Å². The molecule has 2 aromatic rings. The fourth-order valence-corrected chi connectivity index (χ4v) is 3.15. The van der Waals surface area contributed by atoms with E-state index in [0.29, 0.717) is 13.0 Å². The molecule has 132 valence electrons. The van der Waals surface area contributed by atoms with Crippen molar-refractivity contribution >= 4 is 5.91 Å². The van der Waals surface area contributed by atoms with E-state index < -0.39 is 5.60 Å². The Morgan fingerprint density at radius 3 is 2.68 bits per heavy atom. The minimum absolute atomic E-state index is 0.0658. The Morgan fingerprint density at radius 2 is 2.00 bits per heavy atom. The number of aryl methyl sites for hydroxylation is 1. The number of amides is 1. The van der Waals surface area contributed by atoms with Gasteiger partial charge in [0.1, 0.15) is 11.3 Å². The van der Waals surface area contributed by atoms with Gasteiger partial charge in [-0.2, -0.15) is 9.97 Å². The van der Waals surface area contributed by atoms with Crippen molar-refractivity contribution in [1.29, 1.82) is 0 Å². The van der Waals surface area contributed by atoms with Gasteiger partial charge in [0, 0.05) is 12.6 Å². The summed E-state index contributed by atoms with van der Waals surface area (Å²) in [5.74, 6) is -0.0351. The molecule has 1 saturated heterocycles. The Hall–Kier alpha value is -2.67. The molecule has 0 radical (unpaired) electrons. The number of β-amino-alcohol motifs (C(OH)–C–C–N with tert-alkyl or cyclic N) is 1. The molecule has 1 fully saturated rings. The number of methoxy groups -OCH3 is 2. The molecule has 1 N–H and O–H groups in total. The summed E-state index contributed by atoms with van der Waals surface area (Å²) in [7, 11) is 2.89. The summed E-state index contributed by atoms with van der Waals surface area (Å²) in [4.78, 5) is 22.5. The van der Waals surface area contributed by atoms with Crippen LogP contribution in [0.1, 0.15) is 28.0 Å². The lowest BCUT2D eigenvalue weighted by Gasteiger charge is -2.25. The first-order valence-electron chi connectivity index (χ1n) is 8.01. The van der Waals surface area contributed by atoms with E-state index in [1.807, 2.05) is 31.2 Å². The van der Waals surface area contributed by atoms with Gasteiger partial charge in [-0.25, -0.2) is 0 Å². The van der Waals surface area contributed by atoms with E-state index in [1.165, 1.54) is 20.3 Å². The van der Waals surface area contributed by atoms with Gasteiger partial charge in [0.05, 0.1) is 20.8 Å². The lowest BCUT2D eigenvalue weighted by molar-refractivity contribution is 0.0410. The predicted octanol–water partition coefficient (Wildman–Crippen LogP) is 1.54. The second kappa shape index (κ2) is 6.68. The van der Waals surface area contributed by atoms with Crippen molar-refractivity contribution in [3.05, 3.63) is 47.2 Å². The third-order valence-corrected chi connectivity index (χ3v) is 4.47. The van der Waals surface area contributed by atoms with Crippen LogP contribution in [-0.4, -0.2) is 53.2 Å². The molecule has 25 heavy (non-hydrogen) atoms. The second-order valence-electron chi connectivity index (χ2n) is 6.11. The van der Waals surface area contributed by atoms with Crippen LogP contribution in [0, 0.1) is 6.92 Å². The molecule has 1 aromatic heterocycles. The van der Waals surface area contributed by atoms with Crippen LogP contribution in [0.5, 0.6) is 11.9 Å². The number of carbonyl (C=O) groups is 1. The van der Waals surface area contributed by atoms with Crippen LogP contribution in [0.4, 0.5) is 0 Å². The van der Waals surface area contributed by atoms with Crippen molar-refractivity contribution in [2.24, 2.45) is 0 Å². The predicted molar refractivity (Wildman–Crippen MR) is 90.7 cm³/mol. The van der Waals surface area contributed by atoms with E-state index in [0.717, 1.165) is 11.1 Å². The minimum Gasteiger partial charge on any atom is -0.481 e. The molecule has 7 nitrogen and oxygen atoms in total. The SMILES string of the molecule is COc1cc(C(=O)N2CCC(O)(c3ccccc3C)C2)nc(OC)n1. The monoisotopic (exact) mass is 343 g/mol. The van der Waals surface area contributed by atoms with Gasteiger partial charge in [-0.05, 0) is 24.5 Å². The molecular formula is C18H21N3O4. The highest BCUT2D eigenvalue weighted by molar-refractivity contribution is 5.93. The average Bonchev–Trinajstić information content (AvgIpc) is 3.04. The van der Waals surface area contributed by atoms with Gasteiger partial charge < -0.3 is 19.5 Å². The Kier molecular flexibility index (Phi) is 4.59. The van der Waals surface area contributed by atoms with E-state index in [2.05, 4.69) is 9.97 Å². The molecule has 0 bridgehead atoms. The van der Waals surface area contributed by atoms with Crippen LogP contribution in [0.15, 0.2) is 30.3 Å². The maximum atomic E-state index is 12.8. The molecule has 0 aliphatic carbocycles. The molecule has 1 unspecified atom stereocenters. The molecule has 7 heteroatoms. The van der Waals surface area contributed by atoms with Crippen molar-refractivity contribution in [1.82, 2.24) is 14.9 Å². The maximum Gasteiger partial charge on any atom is 0.320 e. The van der Waals surface area contributed by atoms with Crippen molar-refractivity contribution in [2.75, 3.05) is 27.3 Å². The molecule has 1 amide bonds. The van der Waals surface area contributed by atoms with Crippen LogP contribution < -0.4 is 9.47 Å². The largest absolute Gasteiger partial charge is 0.481 e. The summed E-state index contributed by atoms with van der Waals surface area (Å²) in [5.41, 5.74) is 0.980. The second-order valence-corrected chi connectivity index (χ2v) is 6.11. The summed E-state index contributed by atoms with van der Waals surface area (Å²) >= 11 is 0. The van der Waals surface area contributed by atoms with Crippen molar-refractivity contribution in [3.8, 4) is 11.9 Å². The smallest absolute Gasteiger partial charge is 0.320 e. The van der Waals surface area contributed by atoms with Crippen LogP contribution in [0.25, 0.3) is 0 Å². The first-order valence-corrected chi connectivity index (χ1v) is 8.01. The highest BCUT2D eigenvalue weighted by atomic mass is 16.5. The molecule has 1 atom stereocenters. The number of aromatic nitrogens is 2. The zero-order chi connectivity index (χ0) is 18.0. The molecular weight excluding hydrogens is 322 g/mol. The number of nitrogens with zero attached hydrogens (tertiary/aromatic N) is 3. The summed E-state index contributed by atoms with van der Waals surface area (Å²) in [6, 6.07) is 9.22. The molecule has 0 spiro atoms. The van der Waals surface area contributed by atoms with Gasteiger partial charge in [0.2, 0.25) is 5.88 Å². The topological polar surface area (TPSA) is 84.8 Å². The molecule has 1 aliphatic heterocycles. The van der Waals surface area contributed by atoms with Crippen molar-refractivity contribution in [3.63, 3.8) is 0 Å². The Labute approximate surface area is 146 Å². The maximum absolute atomic E-state index is 12.8. The van der Waals surface area contributed by atoms with Crippen LogP contribution in [0.2, 0.25) is 0 Å². The third kappa shape index (κ3) is 3.28. The molecule has 2 heterocycles. The molecule has 3 rings (SSSR count). The number of likely N-dealkylation sites (tertiary alicyclic amines) is 1. The third-order valence-electron chi connectivity index (χ3n) is 4.47. The quantitative estimate of drug-likeness (QED) is 0.906. The Bertz CT molecular complexity index is 773. The number of benzene rings is 1. The van der Waals surface area contributed by atoms with E-state index in [4.69, 9.17) is 9.47 Å². The zero-order valence-electron chi connectivity index (χ0n) is 14.5. The number of rotatable bonds is 4. The van der Waals surface area contributed by atoms with Crippen molar-refractivity contribution in [2.45, 2.75) is 18.9 Å². The van der Waals surface area contributed by atoms with Crippen LogP contribution in [0.3, 0.4) is 0 Å². The standard InChI is InChI=1S/C18H21N3O4/c1-12-6-4-5-7-13(12)18(23)8-9-21(11-18)16(22)14-10-15(24-2)20-17(19-14)25-3/h4-7,10,23H,8-9,11H2,1-3H3. The highest BCUT2D eigenvalue weighted by Crippen LogP contribution is 2.34. The highest BCUT2D eigenvalue weighted by Gasteiger charge is 2.41. The zero-order valence-corrected chi connectivity index (χ0v) is 14.5. The van der Waals surface area contributed by atoms with Gasteiger partial charge in [0.25, 0.3) is 5.91 Å². The van der Waals surface area contributed by atoms with E-state index >= 15 is 0 Å². The first kappa shape index (κ1) is 17.2. The van der Waals surface area contributed by atoms with E-state index in [9.17, 15) is 9.90 Å². The van der Waals surface area contributed by atoms with Gasteiger partial charge in [0.15, 0.2) is 0 Å². The Morgan fingerprint density at radius 1 is 1.24 bits per heavy atom. The number of hydrogen-bond acceptors (Lipinski definition) is 6. The number of aliphatic hydroxyl groups is 1. The lowest BCUT2D eigenvalue weighted by Crippen LogP contribution is -2.35. The normalized spacial score (nSPS) is 19.8. The van der Waals surface area contributed by atoms with Gasteiger partial charge >= 0.3 is 6.01 Å². The van der Waals surface area contributed by atoms with E-state index in [1.54, 1.807) is 4.90 Å². The molecule has 0 saturated carbocycles. The fraction of sp³-hybridized carbons (Fsp3) is 0.389. The first-order chi connectivity index (χ1) is 12.0. The fourth-order valence-electron chi connectivity index (χ4n) is 3.15. The summed E-state index contributed by atoms with van der Waals surface area (Å²) in [5, 5.41) is 11.0. The summed E-state index contributed by atoms with van der Waals surface area (Å²) in [6.07, 6.45) is 0.475. The number of ether oxygens (including phenoxy) is 2. The summed E-state index contributed by atoms with van der Waals surface area (Å²) < 4.78 is 10.1. The lowest BCUT2D eigenvalue weighted by atomic mass is 9.89. The molecule has 1 aromatic carbocycles. The van der Waals surface area contributed by atoms with Gasteiger partial charge in [-0.1, -0.05) is 24.3 Å². The number of carbonyl (C=O) groups excluding carboxylic acids is 1.